The van der Waals surface area contributed by atoms with E-state index in [1.54, 1.807) is 42.9 Å². The van der Waals surface area contributed by atoms with E-state index >= 15 is 0 Å². The summed E-state index contributed by atoms with van der Waals surface area (Å²) in [6.45, 7) is 5.23. The van der Waals surface area contributed by atoms with Gasteiger partial charge in [0.05, 0.1) is 58.7 Å². The number of hydrogen-bond donors (Lipinski definition) is 1. The van der Waals surface area contributed by atoms with Gasteiger partial charge in [0.2, 0.25) is 0 Å². The Kier molecular flexibility index (Phi) is 8.58. The highest BCUT2D eigenvalue weighted by atomic mass is 35.5. The molecule has 2 aliphatic rings. The second-order valence-electron chi connectivity index (χ2n) is 11.9. The van der Waals surface area contributed by atoms with Crippen LogP contribution in [0.4, 0.5) is 5.82 Å². The molecule has 2 fully saturated rings. The minimum atomic E-state index is -1.05. The van der Waals surface area contributed by atoms with Gasteiger partial charge in [-0.2, -0.15) is 5.26 Å². The average Bonchev–Trinajstić information content (AvgIpc) is 3.50. The van der Waals surface area contributed by atoms with Crippen LogP contribution in [0.5, 0.6) is 0 Å². The Labute approximate surface area is 285 Å². The number of benzene rings is 1. The third kappa shape index (κ3) is 5.67. The van der Waals surface area contributed by atoms with Crippen LogP contribution in [0, 0.1) is 30.1 Å². The quantitative estimate of drug-likeness (QED) is 0.245. The number of aromatic nitrogens is 4. The Morgan fingerprint density at radius 2 is 2.00 bits per heavy atom. The number of ether oxygens (including phenoxy) is 1. The summed E-state index contributed by atoms with van der Waals surface area (Å²) in [6.07, 6.45) is 4.99. The van der Waals surface area contributed by atoms with Crippen LogP contribution in [-0.4, -0.2) is 80.9 Å². The van der Waals surface area contributed by atoms with E-state index in [1.165, 1.54) is 15.9 Å². The number of hydrogen-bond acceptors (Lipinski definition) is 10. The summed E-state index contributed by atoms with van der Waals surface area (Å²) >= 11 is 7.68. The predicted molar refractivity (Wildman–Crippen MR) is 185 cm³/mol. The lowest BCUT2D eigenvalue weighted by atomic mass is 10.00. The Hall–Kier alpha value is -4.85. The molecule has 0 spiro atoms. The summed E-state index contributed by atoms with van der Waals surface area (Å²) in [6, 6.07) is 10.0. The number of nitrogens with zero attached hydrogens (tertiary/aromatic N) is 7. The number of aromatic carboxylic acids is 1. The molecular weight excluding hydrogens is 650 g/mol. The lowest BCUT2D eigenvalue weighted by Crippen LogP contribution is -2.54. The van der Waals surface area contributed by atoms with Gasteiger partial charge in [-0.3, -0.25) is 19.2 Å². The van der Waals surface area contributed by atoms with Gasteiger partial charge >= 0.3 is 5.97 Å². The number of fused-ring (bicyclic) bond motifs is 2. The fourth-order valence-corrected chi connectivity index (χ4v) is 7.67. The molecule has 11 nitrogen and oxygen atoms in total. The van der Waals surface area contributed by atoms with Crippen LogP contribution >= 0.6 is 22.9 Å². The first-order valence-electron chi connectivity index (χ1n) is 15.5. The predicted octanol–water partition coefficient (Wildman–Crippen LogP) is 4.95. The fourth-order valence-electron chi connectivity index (χ4n) is 6.47. The van der Waals surface area contributed by atoms with E-state index in [1.807, 2.05) is 18.0 Å². The summed E-state index contributed by atoms with van der Waals surface area (Å²) in [4.78, 5) is 43.7. The lowest BCUT2D eigenvalue weighted by Gasteiger charge is -2.43. The van der Waals surface area contributed by atoms with E-state index in [9.17, 15) is 20.0 Å². The Bertz CT molecular complexity index is 2260. The zero-order valence-electron chi connectivity index (χ0n) is 26.2. The molecule has 2 saturated heterocycles. The zero-order valence-corrected chi connectivity index (χ0v) is 27.8. The normalized spacial score (nSPS) is 15.5. The van der Waals surface area contributed by atoms with Crippen LogP contribution in [0.25, 0.3) is 32.2 Å². The highest BCUT2D eigenvalue weighted by Crippen LogP contribution is 2.36. The van der Waals surface area contributed by atoms with E-state index in [2.05, 4.69) is 37.8 Å². The van der Waals surface area contributed by atoms with Crippen molar-refractivity contribution in [1.82, 2.24) is 24.4 Å². The molecule has 0 unspecified atom stereocenters. The molecule has 5 aromatic rings. The average molecular weight is 680 g/mol. The van der Waals surface area contributed by atoms with Gasteiger partial charge in [-0.15, -0.1) is 11.3 Å². The molecule has 1 aromatic carbocycles. The maximum atomic E-state index is 14.0. The molecule has 2 aliphatic heterocycles. The summed E-state index contributed by atoms with van der Waals surface area (Å²) in [7, 11) is 1.94. The third-order valence-electron chi connectivity index (χ3n) is 9.22. The molecule has 0 aliphatic carbocycles. The van der Waals surface area contributed by atoms with Crippen molar-refractivity contribution >= 4 is 55.8 Å². The molecule has 7 rings (SSSR count). The first kappa shape index (κ1) is 31.7. The van der Waals surface area contributed by atoms with E-state index < -0.39 is 5.97 Å². The van der Waals surface area contributed by atoms with Crippen LogP contribution in [0.15, 0.2) is 46.8 Å². The summed E-state index contributed by atoms with van der Waals surface area (Å²) in [5.74, 6) is 6.18. The maximum Gasteiger partial charge on any atom is 0.338 e. The molecule has 0 radical (unpaired) electrons. The molecule has 6 heterocycles. The number of carboxylic acids is 1. The SMILES string of the molecule is Cc1nc2cnc(N(C)C3CCN(C4COC4)CC3)c(C#N)c2c(=O)n1CC#Cc1ccc(Cl)cc1-c1ccnc2c(C(=O)O)csc12. The molecular formula is C35H30ClN7O4S. The van der Waals surface area contributed by atoms with Crippen molar-refractivity contribution in [3.8, 4) is 29.0 Å². The highest BCUT2D eigenvalue weighted by Gasteiger charge is 2.32. The van der Waals surface area contributed by atoms with Crippen molar-refractivity contribution in [2.24, 2.45) is 0 Å². The zero-order chi connectivity index (χ0) is 33.5. The van der Waals surface area contributed by atoms with Gasteiger partial charge in [-0.1, -0.05) is 23.4 Å². The van der Waals surface area contributed by atoms with Crippen LogP contribution in [0.3, 0.4) is 0 Å². The Balaban J connectivity index is 1.21. The minimum absolute atomic E-state index is 0.0330. The van der Waals surface area contributed by atoms with E-state index in [-0.39, 0.29) is 34.7 Å². The number of pyridine rings is 2. The van der Waals surface area contributed by atoms with Crippen LogP contribution in [0.2, 0.25) is 5.02 Å². The monoisotopic (exact) mass is 679 g/mol. The number of nitriles is 1. The summed E-state index contributed by atoms with van der Waals surface area (Å²) in [5, 5.41) is 22.2. The molecule has 0 atom stereocenters. The van der Waals surface area contributed by atoms with Gasteiger partial charge in [-0.05, 0) is 44.0 Å². The number of rotatable bonds is 6. The number of halogens is 1. The number of piperidine rings is 1. The molecule has 48 heavy (non-hydrogen) atoms. The fraction of sp³-hybridized carbons (Fsp3) is 0.314. The second-order valence-corrected chi connectivity index (χ2v) is 13.2. The molecule has 1 N–H and O–H groups in total. The maximum absolute atomic E-state index is 14.0. The number of carboxylic acid groups (broad SMARTS) is 1. The van der Waals surface area contributed by atoms with E-state index in [4.69, 9.17) is 16.3 Å². The number of carbonyl (C=O) groups is 1. The van der Waals surface area contributed by atoms with Crippen molar-refractivity contribution in [3.63, 3.8) is 0 Å². The Morgan fingerprint density at radius 1 is 1.21 bits per heavy atom. The van der Waals surface area contributed by atoms with Gasteiger partial charge in [0.25, 0.3) is 5.56 Å². The summed E-state index contributed by atoms with van der Waals surface area (Å²) < 4.78 is 7.54. The van der Waals surface area contributed by atoms with E-state index in [0.29, 0.717) is 44.0 Å². The van der Waals surface area contributed by atoms with Crippen molar-refractivity contribution < 1.29 is 14.6 Å². The summed E-state index contributed by atoms with van der Waals surface area (Å²) in [5.41, 5.74) is 2.89. The lowest BCUT2D eigenvalue weighted by molar-refractivity contribution is -0.0711. The van der Waals surface area contributed by atoms with Crippen molar-refractivity contribution in [2.75, 3.05) is 38.3 Å². The molecule has 0 amide bonds. The molecule has 4 aromatic heterocycles. The number of anilines is 1. The standard InChI is InChI=1S/C35H30ClN7O4S/c1-20-40-29-16-39-33(41(2)23-8-12-42(13-9-23)24-17-47-18-24)27(15-37)30(29)34(44)43(20)11-3-4-21-5-6-22(36)14-26(21)25-7-10-38-31-28(35(45)46)19-48-32(25)31/h5-7,10,14,16,19,23-24H,8-9,11-13,17-18H2,1-2H3,(H,45,46). The van der Waals surface area contributed by atoms with Crippen LogP contribution < -0.4 is 10.5 Å². The highest BCUT2D eigenvalue weighted by molar-refractivity contribution is 7.18. The van der Waals surface area contributed by atoms with Crippen LogP contribution in [-0.2, 0) is 11.3 Å². The minimum Gasteiger partial charge on any atom is -0.478 e. The smallest absolute Gasteiger partial charge is 0.338 e. The van der Waals surface area contributed by atoms with Gasteiger partial charge < -0.3 is 14.7 Å². The van der Waals surface area contributed by atoms with Crippen molar-refractivity contribution in [1.29, 1.82) is 5.26 Å². The van der Waals surface area contributed by atoms with Crippen molar-refractivity contribution in [2.45, 2.75) is 38.4 Å². The van der Waals surface area contributed by atoms with Gasteiger partial charge in [-0.25, -0.2) is 14.8 Å². The Morgan fingerprint density at radius 3 is 2.71 bits per heavy atom. The molecule has 0 saturated carbocycles. The first-order valence-corrected chi connectivity index (χ1v) is 16.7. The van der Waals surface area contributed by atoms with Crippen molar-refractivity contribution in [3.05, 3.63) is 79.9 Å². The first-order chi connectivity index (χ1) is 23.2. The van der Waals surface area contributed by atoms with Gasteiger partial charge in [0.1, 0.15) is 23.3 Å². The number of thiophene rings is 1. The van der Waals surface area contributed by atoms with Gasteiger partial charge in [0, 0.05) is 59.5 Å². The topological polar surface area (TPSA) is 137 Å². The molecule has 0 bridgehead atoms. The largest absolute Gasteiger partial charge is 0.478 e. The van der Waals surface area contributed by atoms with Gasteiger partial charge in [0.15, 0.2) is 0 Å². The third-order valence-corrected chi connectivity index (χ3v) is 10.5. The molecule has 13 heteroatoms. The number of aryl methyl sites for hydroxylation is 1. The second kappa shape index (κ2) is 13.0. The van der Waals surface area contributed by atoms with Crippen LogP contribution in [0.1, 0.15) is 40.2 Å². The van der Waals surface area contributed by atoms with E-state index in [0.717, 1.165) is 50.3 Å². The molecule has 242 valence electrons. The number of likely N-dealkylation sites (tertiary alicyclic amines) is 1.